The van der Waals surface area contributed by atoms with Gasteiger partial charge in [-0.15, -0.1) is 0 Å². The van der Waals surface area contributed by atoms with Crippen LogP contribution >= 0.6 is 0 Å². The van der Waals surface area contributed by atoms with E-state index in [0.29, 0.717) is 23.5 Å². The van der Waals surface area contributed by atoms with E-state index >= 15 is 0 Å². The molecule has 0 aliphatic carbocycles. The lowest BCUT2D eigenvalue weighted by molar-refractivity contribution is 0.425. The van der Waals surface area contributed by atoms with Crippen LogP contribution in [-0.2, 0) is 0 Å². The topological polar surface area (TPSA) is 107 Å². The van der Waals surface area contributed by atoms with Crippen LogP contribution in [0, 0.1) is 12.7 Å². The van der Waals surface area contributed by atoms with Gasteiger partial charge in [0.15, 0.2) is 0 Å². The highest BCUT2D eigenvalue weighted by molar-refractivity contribution is 5.92. The van der Waals surface area contributed by atoms with Crippen LogP contribution in [0.1, 0.15) is 25.1 Å². The SMILES string of the molecule is C=C(Nc1cncc(-c2cc(F)cc(NCCN(C)C)c2)c1C)c1n[nH]c2ccc(-c3cncc(NC(C)C)c3)nc12. The summed E-state index contributed by atoms with van der Waals surface area (Å²) >= 11 is 0. The van der Waals surface area contributed by atoms with Gasteiger partial charge in [0, 0.05) is 54.5 Å². The number of hydrogen-bond acceptors (Lipinski definition) is 8. The van der Waals surface area contributed by atoms with E-state index in [9.17, 15) is 4.39 Å². The molecule has 5 rings (SSSR count). The van der Waals surface area contributed by atoms with Gasteiger partial charge < -0.3 is 20.9 Å². The molecule has 0 atom stereocenters. The van der Waals surface area contributed by atoms with Gasteiger partial charge in [-0.2, -0.15) is 5.10 Å². The fourth-order valence-electron chi connectivity index (χ4n) is 4.70. The number of fused-ring (bicyclic) bond motifs is 1. The Bertz CT molecular complexity index is 1720. The second-order valence-corrected chi connectivity index (χ2v) is 10.8. The maximum atomic E-state index is 14.6. The Morgan fingerprint density at radius 3 is 2.57 bits per heavy atom. The first kappa shape index (κ1) is 28.7. The van der Waals surface area contributed by atoms with Crippen LogP contribution in [0.2, 0.25) is 0 Å². The number of nitrogens with one attached hydrogen (secondary N) is 4. The molecule has 0 amide bonds. The van der Waals surface area contributed by atoms with Crippen molar-refractivity contribution in [1.82, 2.24) is 30.0 Å². The summed E-state index contributed by atoms with van der Waals surface area (Å²) in [6.07, 6.45) is 7.07. The first-order chi connectivity index (χ1) is 20.2. The number of rotatable bonds is 11. The molecule has 10 heteroatoms. The van der Waals surface area contributed by atoms with Crippen molar-refractivity contribution in [2.75, 3.05) is 43.1 Å². The molecule has 42 heavy (non-hydrogen) atoms. The number of nitrogens with zero attached hydrogens (tertiary/aromatic N) is 5. The van der Waals surface area contributed by atoms with Gasteiger partial charge in [-0.05, 0) is 82.4 Å². The largest absolute Gasteiger partial charge is 0.384 e. The second-order valence-electron chi connectivity index (χ2n) is 10.8. The lowest BCUT2D eigenvalue weighted by atomic mass is 10.0. The number of halogens is 1. The number of pyridine rings is 3. The monoisotopic (exact) mass is 565 g/mol. The fourth-order valence-corrected chi connectivity index (χ4v) is 4.70. The number of likely N-dealkylation sites (N-methyl/N-ethyl adjacent to an activating group) is 1. The standard InChI is InChI=1S/C32H36FN9/c1-19(2)37-26-13-23(15-34-16-26)28-7-8-29-32(39-28)31(41-40-29)21(4)38-30-18-35-17-27(20(30)3)22-11-24(33)14-25(12-22)36-9-10-42(5)6/h7-8,11-19,36-38H,4,9-10H2,1-3,5-6H3,(H,40,41). The van der Waals surface area contributed by atoms with Gasteiger partial charge in [-0.1, -0.05) is 6.58 Å². The summed E-state index contributed by atoms with van der Waals surface area (Å²) in [5.41, 5.74) is 9.17. The summed E-state index contributed by atoms with van der Waals surface area (Å²) in [7, 11) is 4.01. The maximum Gasteiger partial charge on any atom is 0.134 e. The van der Waals surface area contributed by atoms with Crippen molar-refractivity contribution in [3.63, 3.8) is 0 Å². The van der Waals surface area contributed by atoms with Crippen molar-refractivity contribution in [3.05, 3.63) is 84.8 Å². The predicted octanol–water partition coefficient (Wildman–Crippen LogP) is 6.41. The van der Waals surface area contributed by atoms with Crippen molar-refractivity contribution in [3.8, 4) is 22.4 Å². The number of aromatic nitrogens is 5. The molecule has 4 aromatic heterocycles. The van der Waals surface area contributed by atoms with Gasteiger partial charge in [0.25, 0.3) is 0 Å². The molecule has 0 aliphatic rings. The van der Waals surface area contributed by atoms with Gasteiger partial charge in [0.05, 0.1) is 34.5 Å². The summed E-state index contributed by atoms with van der Waals surface area (Å²) in [4.78, 5) is 15.8. The molecule has 0 unspecified atom stereocenters. The summed E-state index contributed by atoms with van der Waals surface area (Å²) in [6.45, 7) is 11.9. The van der Waals surface area contributed by atoms with E-state index in [1.54, 1.807) is 24.8 Å². The van der Waals surface area contributed by atoms with Crippen LogP contribution < -0.4 is 16.0 Å². The summed E-state index contributed by atoms with van der Waals surface area (Å²) < 4.78 is 14.6. The smallest absolute Gasteiger partial charge is 0.134 e. The highest BCUT2D eigenvalue weighted by Gasteiger charge is 2.16. The van der Waals surface area contributed by atoms with Crippen molar-refractivity contribution in [1.29, 1.82) is 0 Å². The lowest BCUT2D eigenvalue weighted by Gasteiger charge is -2.16. The quantitative estimate of drug-likeness (QED) is 0.146. The second kappa shape index (κ2) is 12.4. The van der Waals surface area contributed by atoms with Gasteiger partial charge in [0.2, 0.25) is 0 Å². The Morgan fingerprint density at radius 2 is 1.79 bits per heavy atom. The van der Waals surface area contributed by atoms with E-state index in [1.165, 1.54) is 12.1 Å². The summed E-state index contributed by atoms with van der Waals surface area (Å²) in [5, 5.41) is 17.6. The number of aromatic amines is 1. The van der Waals surface area contributed by atoms with Crippen molar-refractivity contribution in [2.45, 2.75) is 26.8 Å². The van der Waals surface area contributed by atoms with Crippen LogP contribution in [0.4, 0.5) is 21.5 Å². The minimum Gasteiger partial charge on any atom is -0.384 e. The maximum absolute atomic E-state index is 14.6. The number of H-pyrrole nitrogens is 1. The molecule has 9 nitrogen and oxygen atoms in total. The van der Waals surface area contributed by atoms with Gasteiger partial charge in [0.1, 0.15) is 17.0 Å². The Kier molecular flexibility index (Phi) is 8.44. The van der Waals surface area contributed by atoms with Gasteiger partial charge in [-0.25, -0.2) is 9.37 Å². The van der Waals surface area contributed by atoms with E-state index in [2.05, 4.69) is 61.4 Å². The molecule has 0 saturated heterocycles. The Morgan fingerprint density at radius 1 is 1.00 bits per heavy atom. The minimum absolute atomic E-state index is 0.288. The Labute approximate surface area is 245 Å². The Hall–Kier alpha value is -4.83. The van der Waals surface area contributed by atoms with Crippen LogP contribution in [0.25, 0.3) is 39.1 Å². The van der Waals surface area contributed by atoms with Crippen LogP contribution in [0.5, 0.6) is 0 Å². The zero-order valence-corrected chi connectivity index (χ0v) is 24.6. The van der Waals surface area contributed by atoms with Gasteiger partial charge >= 0.3 is 0 Å². The number of anilines is 3. The normalized spacial score (nSPS) is 11.3. The summed E-state index contributed by atoms with van der Waals surface area (Å²) in [6, 6.07) is 11.2. The molecule has 0 radical (unpaired) electrons. The molecular weight excluding hydrogens is 529 g/mol. The van der Waals surface area contributed by atoms with Crippen molar-refractivity contribution >= 4 is 33.8 Å². The van der Waals surface area contributed by atoms with E-state index in [-0.39, 0.29) is 11.9 Å². The number of hydrogen-bond donors (Lipinski definition) is 4. The first-order valence-corrected chi connectivity index (χ1v) is 13.9. The fraction of sp³-hybridized carbons (Fsp3) is 0.250. The zero-order chi connectivity index (χ0) is 29.8. The molecule has 4 N–H and O–H groups in total. The molecule has 5 aromatic rings. The highest BCUT2D eigenvalue weighted by atomic mass is 19.1. The number of benzene rings is 1. The Balaban J connectivity index is 1.40. The molecule has 0 saturated carbocycles. The average molecular weight is 566 g/mol. The highest BCUT2D eigenvalue weighted by Crippen LogP contribution is 2.32. The molecule has 4 heterocycles. The van der Waals surface area contributed by atoms with E-state index in [4.69, 9.17) is 4.98 Å². The van der Waals surface area contributed by atoms with Gasteiger partial charge in [-0.3, -0.25) is 15.1 Å². The zero-order valence-electron chi connectivity index (χ0n) is 24.6. The third kappa shape index (κ3) is 6.55. The van der Waals surface area contributed by atoms with Crippen LogP contribution in [-0.4, -0.2) is 63.3 Å². The van der Waals surface area contributed by atoms with Crippen molar-refractivity contribution < 1.29 is 4.39 Å². The summed E-state index contributed by atoms with van der Waals surface area (Å²) in [5.74, 6) is -0.312. The van der Waals surface area contributed by atoms with Crippen LogP contribution in [0.15, 0.2) is 67.8 Å². The van der Waals surface area contributed by atoms with Crippen LogP contribution in [0.3, 0.4) is 0 Å². The van der Waals surface area contributed by atoms with E-state index in [0.717, 1.165) is 57.1 Å². The average Bonchev–Trinajstić information content (AvgIpc) is 3.37. The molecule has 0 spiro atoms. The lowest BCUT2D eigenvalue weighted by Crippen LogP contribution is -2.20. The van der Waals surface area contributed by atoms with E-state index in [1.807, 2.05) is 45.3 Å². The molecule has 0 aliphatic heterocycles. The minimum atomic E-state index is -0.312. The first-order valence-electron chi connectivity index (χ1n) is 13.9. The van der Waals surface area contributed by atoms with Crippen molar-refractivity contribution in [2.24, 2.45) is 0 Å². The molecule has 0 fully saturated rings. The molecule has 1 aromatic carbocycles. The predicted molar refractivity (Wildman–Crippen MR) is 170 cm³/mol. The third-order valence-corrected chi connectivity index (χ3v) is 6.78. The molecule has 216 valence electrons. The molecular formula is C32H36FN9. The molecule has 0 bridgehead atoms. The third-order valence-electron chi connectivity index (χ3n) is 6.78. The van der Waals surface area contributed by atoms with E-state index < -0.39 is 0 Å².